The number of aromatic nitrogens is 1. The summed E-state index contributed by atoms with van der Waals surface area (Å²) in [5.41, 5.74) is 1.04. The smallest absolute Gasteiger partial charge is 0.339 e. The van der Waals surface area contributed by atoms with Crippen LogP contribution in [0.25, 0.3) is 0 Å². The Morgan fingerprint density at radius 2 is 2.22 bits per heavy atom. The van der Waals surface area contributed by atoms with Gasteiger partial charge in [-0.2, -0.15) is 0 Å². The van der Waals surface area contributed by atoms with E-state index in [0.29, 0.717) is 23.3 Å². The highest BCUT2D eigenvalue weighted by molar-refractivity contribution is 8.13. The lowest BCUT2D eigenvalue weighted by Gasteiger charge is -1.98. The minimum Gasteiger partial charge on any atom is -0.465 e. The molecule has 1 aromatic rings. The fourth-order valence-corrected chi connectivity index (χ4v) is 1.64. The summed E-state index contributed by atoms with van der Waals surface area (Å²) in [7, 11) is 1.32. The van der Waals surface area contributed by atoms with Crippen LogP contribution in [0.5, 0.6) is 0 Å². The summed E-state index contributed by atoms with van der Waals surface area (Å²) >= 11 is 1.25. The van der Waals surface area contributed by atoms with Crippen molar-refractivity contribution in [3.05, 3.63) is 29.6 Å². The van der Waals surface area contributed by atoms with Gasteiger partial charge in [0.15, 0.2) is 5.12 Å². The Kier molecular flexibility index (Phi) is 5.95. The van der Waals surface area contributed by atoms with Gasteiger partial charge >= 0.3 is 5.97 Å². The second-order valence-corrected chi connectivity index (χ2v) is 4.62. The van der Waals surface area contributed by atoms with Crippen molar-refractivity contribution in [1.82, 2.24) is 4.98 Å². The first-order valence-corrected chi connectivity index (χ1v) is 6.27. The molecule has 1 rings (SSSR count). The molecule has 0 aliphatic rings. The van der Waals surface area contributed by atoms with Gasteiger partial charge in [-0.25, -0.2) is 4.79 Å². The van der Waals surface area contributed by atoms with E-state index < -0.39 is 5.97 Å². The number of ether oxygens (including phenoxy) is 1. The topological polar surface area (TPSA) is 56.3 Å². The molecule has 0 N–H and O–H groups in total. The van der Waals surface area contributed by atoms with Gasteiger partial charge in [-0.1, -0.05) is 23.6 Å². The number of nitrogens with zero attached hydrogens (tertiary/aromatic N) is 1. The van der Waals surface area contributed by atoms with Crippen molar-refractivity contribution in [3.63, 3.8) is 0 Å². The highest BCUT2D eigenvalue weighted by Gasteiger charge is 2.04. The molecule has 0 saturated carbocycles. The minimum atomic E-state index is -0.432. The molecule has 0 aliphatic heterocycles. The molecule has 1 heterocycles. The molecule has 0 spiro atoms. The normalized spacial score (nSPS) is 9.22. The molecule has 0 aromatic carbocycles. The number of esters is 1. The number of carbonyl (C=O) groups excluding carboxylic acids is 2. The Morgan fingerprint density at radius 3 is 2.89 bits per heavy atom. The molecule has 0 aliphatic carbocycles. The largest absolute Gasteiger partial charge is 0.465 e. The monoisotopic (exact) mass is 263 g/mol. The molecule has 0 fully saturated rings. The Labute approximate surface area is 110 Å². The number of hydrogen-bond acceptors (Lipinski definition) is 5. The van der Waals surface area contributed by atoms with Crippen molar-refractivity contribution in [2.24, 2.45) is 0 Å². The molecule has 5 heteroatoms. The third-order valence-electron chi connectivity index (χ3n) is 1.92. The molecule has 94 valence electrons. The fraction of sp³-hybridized carbons (Fsp3) is 0.308. The van der Waals surface area contributed by atoms with Gasteiger partial charge < -0.3 is 4.74 Å². The lowest BCUT2D eigenvalue weighted by Crippen LogP contribution is -2.01. The van der Waals surface area contributed by atoms with Crippen LogP contribution in [0.3, 0.4) is 0 Å². The van der Waals surface area contributed by atoms with Crippen LogP contribution in [-0.4, -0.2) is 28.9 Å². The maximum absolute atomic E-state index is 11.3. The molecule has 0 saturated heterocycles. The SMILES string of the molecule is COC(=O)c1cncc(C#CCCSC(C)=O)c1. The van der Waals surface area contributed by atoms with Crippen molar-refractivity contribution in [2.45, 2.75) is 13.3 Å². The Morgan fingerprint density at radius 1 is 1.44 bits per heavy atom. The second kappa shape index (κ2) is 7.51. The average Bonchev–Trinajstić information content (AvgIpc) is 2.37. The van der Waals surface area contributed by atoms with Gasteiger partial charge in [0.25, 0.3) is 0 Å². The third-order valence-corrected chi connectivity index (χ3v) is 2.74. The molecule has 18 heavy (non-hydrogen) atoms. The number of pyridine rings is 1. The molecule has 0 amide bonds. The van der Waals surface area contributed by atoms with E-state index in [-0.39, 0.29) is 5.12 Å². The Hall–Kier alpha value is -1.80. The fourth-order valence-electron chi connectivity index (χ4n) is 1.15. The predicted octanol–water partition coefficient (Wildman–Crippen LogP) is 1.89. The molecule has 1 aromatic heterocycles. The van der Waals surface area contributed by atoms with Gasteiger partial charge in [0, 0.05) is 37.1 Å². The molecular formula is C13H13NO3S. The summed E-state index contributed by atoms with van der Waals surface area (Å²) in [6.45, 7) is 1.53. The van der Waals surface area contributed by atoms with Crippen LogP contribution in [0.1, 0.15) is 29.3 Å². The molecule has 4 nitrogen and oxygen atoms in total. The van der Waals surface area contributed by atoms with E-state index in [0.717, 1.165) is 0 Å². The van der Waals surface area contributed by atoms with Gasteiger partial charge in [0.2, 0.25) is 0 Å². The molecule has 0 radical (unpaired) electrons. The van der Waals surface area contributed by atoms with Crippen molar-refractivity contribution in [1.29, 1.82) is 0 Å². The van der Waals surface area contributed by atoms with E-state index >= 15 is 0 Å². The molecular weight excluding hydrogens is 250 g/mol. The number of hydrogen-bond donors (Lipinski definition) is 0. The van der Waals surface area contributed by atoms with E-state index in [9.17, 15) is 9.59 Å². The van der Waals surface area contributed by atoms with Gasteiger partial charge in [0.05, 0.1) is 12.7 Å². The first kappa shape index (κ1) is 14.3. The average molecular weight is 263 g/mol. The van der Waals surface area contributed by atoms with E-state index in [2.05, 4.69) is 21.6 Å². The van der Waals surface area contributed by atoms with Crippen LogP contribution in [0.15, 0.2) is 18.5 Å². The van der Waals surface area contributed by atoms with Crippen molar-refractivity contribution in [3.8, 4) is 11.8 Å². The molecule has 0 bridgehead atoms. The number of methoxy groups -OCH3 is 1. The Bertz CT molecular complexity index is 502. The highest BCUT2D eigenvalue weighted by Crippen LogP contribution is 2.04. The zero-order valence-corrected chi connectivity index (χ0v) is 11.0. The van der Waals surface area contributed by atoms with E-state index in [1.807, 2.05) is 0 Å². The van der Waals surface area contributed by atoms with Crippen LogP contribution < -0.4 is 0 Å². The van der Waals surface area contributed by atoms with Crippen molar-refractivity contribution < 1.29 is 14.3 Å². The van der Waals surface area contributed by atoms with Crippen LogP contribution in [0.2, 0.25) is 0 Å². The minimum absolute atomic E-state index is 0.0890. The predicted molar refractivity (Wildman–Crippen MR) is 70.2 cm³/mol. The van der Waals surface area contributed by atoms with Crippen molar-refractivity contribution in [2.75, 3.05) is 12.9 Å². The van der Waals surface area contributed by atoms with E-state index in [1.165, 1.54) is 32.0 Å². The van der Waals surface area contributed by atoms with Crippen LogP contribution in [-0.2, 0) is 9.53 Å². The van der Waals surface area contributed by atoms with Gasteiger partial charge in [-0.3, -0.25) is 9.78 Å². The summed E-state index contributed by atoms with van der Waals surface area (Å²) in [6, 6.07) is 1.63. The van der Waals surface area contributed by atoms with Crippen LogP contribution in [0.4, 0.5) is 0 Å². The number of carbonyl (C=O) groups is 2. The van der Waals surface area contributed by atoms with E-state index in [4.69, 9.17) is 0 Å². The standard InChI is InChI=1S/C13H13NO3S/c1-10(15)18-6-4-3-5-11-7-12(9-14-8-11)13(16)17-2/h7-9H,4,6H2,1-2H3. The zero-order valence-electron chi connectivity index (χ0n) is 10.2. The number of thioether (sulfide) groups is 1. The summed E-state index contributed by atoms with van der Waals surface area (Å²) < 4.78 is 4.59. The second-order valence-electron chi connectivity index (χ2n) is 3.35. The summed E-state index contributed by atoms with van der Waals surface area (Å²) in [5, 5.41) is 0.0890. The van der Waals surface area contributed by atoms with Gasteiger partial charge in [-0.15, -0.1) is 0 Å². The summed E-state index contributed by atoms with van der Waals surface area (Å²) in [5.74, 6) is 6.06. The maximum atomic E-state index is 11.3. The molecule has 0 unspecified atom stereocenters. The highest BCUT2D eigenvalue weighted by atomic mass is 32.2. The number of rotatable bonds is 3. The Balaban J connectivity index is 2.59. The summed E-state index contributed by atoms with van der Waals surface area (Å²) in [4.78, 5) is 25.9. The summed E-state index contributed by atoms with van der Waals surface area (Å²) in [6.07, 6.45) is 3.63. The van der Waals surface area contributed by atoms with Gasteiger partial charge in [0.1, 0.15) is 0 Å². The zero-order chi connectivity index (χ0) is 13.4. The van der Waals surface area contributed by atoms with E-state index in [1.54, 1.807) is 12.3 Å². The maximum Gasteiger partial charge on any atom is 0.339 e. The lowest BCUT2D eigenvalue weighted by molar-refractivity contribution is -0.109. The first-order chi connectivity index (χ1) is 8.63. The molecule has 0 atom stereocenters. The third kappa shape index (κ3) is 5.02. The quantitative estimate of drug-likeness (QED) is 0.473. The van der Waals surface area contributed by atoms with Crippen molar-refractivity contribution >= 4 is 22.8 Å². The van der Waals surface area contributed by atoms with Crippen LogP contribution >= 0.6 is 11.8 Å². The van der Waals surface area contributed by atoms with Gasteiger partial charge in [-0.05, 0) is 6.07 Å². The van der Waals surface area contributed by atoms with Crippen LogP contribution in [0, 0.1) is 11.8 Å². The first-order valence-electron chi connectivity index (χ1n) is 5.29. The lowest BCUT2D eigenvalue weighted by atomic mass is 10.2.